The number of carbonyl (C=O) groups excluding carboxylic acids is 1. The minimum Gasteiger partial charge on any atom is -0.480 e. The number of hydrogen-bond donors (Lipinski definition) is 6. The number of nitrogens with zero attached hydrogens (tertiary/aromatic N) is 2. The molecule has 3 aromatic rings. The van der Waals surface area contributed by atoms with E-state index in [2.05, 4.69) is 25.3 Å². The van der Waals surface area contributed by atoms with Crippen molar-refractivity contribution in [2.24, 2.45) is 11.5 Å². The number of sulfonamides is 1. The minimum atomic E-state index is -4.12. The van der Waals surface area contributed by atoms with Gasteiger partial charge in [-0.3, -0.25) is 14.8 Å². The largest absolute Gasteiger partial charge is 0.480 e. The summed E-state index contributed by atoms with van der Waals surface area (Å²) < 4.78 is 28.9. The van der Waals surface area contributed by atoms with Crippen molar-refractivity contribution in [1.29, 1.82) is 0 Å². The number of carboxylic acids is 1. The van der Waals surface area contributed by atoms with Gasteiger partial charge in [-0.2, -0.15) is 0 Å². The van der Waals surface area contributed by atoms with Crippen molar-refractivity contribution in [1.82, 2.24) is 20.6 Å². The average molecular weight is 520 g/mol. The molecule has 0 unspecified atom stereocenters. The minimum absolute atomic E-state index is 0.0265. The fourth-order valence-corrected chi connectivity index (χ4v) is 5.32. The summed E-state index contributed by atoms with van der Waals surface area (Å²) in [7, 11) is -4.12. The van der Waals surface area contributed by atoms with Crippen LogP contribution in [-0.4, -0.2) is 54.2 Å². The van der Waals surface area contributed by atoms with Crippen molar-refractivity contribution in [3.63, 3.8) is 0 Å². The van der Waals surface area contributed by atoms with Gasteiger partial charge in [-0.15, -0.1) is 11.3 Å². The molecule has 0 spiro atoms. The van der Waals surface area contributed by atoms with Gasteiger partial charge in [0.15, 0.2) is 0 Å². The summed E-state index contributed by atoms with van der Waals surface area (Å²) in [5.74, 6) is -1.92. The summed E-state index contributed by atoms with van der Waals surface area (Å²) in [6, 6.07) is 6.58. The number of aromatic nitrogens is 2. The Bertz CT molecular complexity index is 1270. The maximum Gasteiger partial charge on any atom is 0.326 e. The van der Waals surface area contributed by atoms with E-state index >= 15 is 0 Å². The fraction of sp³-hybridized carbons (Fsp3) is 0.238. The number of carbonyl (C=O) groups is 2. The van der Waals surface area contributed by atoms with Gasteiger partial charge in [0.1, 0.15) is 23.5 Å². The van der Waals surface area contributed by atoms with Gasteiger partial charge < -0.3 is 21.9 Å². The number of anilines is 1. The molecule has 0 fully saturated rings. The molecule has 2 heterocycles. The molecular formula is C21H25N7O5S2. The maximum atomic E-state index is 13.2. The van der Waals surface area contributed by atoms with E-state index in [1.165, 1.54) is 36.2 Å². The normalized spacial score (nSPS) is 12.3. The topological polar surface area (TPSA) is 202 Å². The molecule has 0 saturated heterocycles. The van der Waals surface area contributed by atoms with Crippen LogP contribution in [0.2, 0.25) is 0 Å². The molecule has 1 aromatic carbocycles. The van der Waals surface area contributed by atoms with E-state index in [9.17, 15) is 23.1 Å². The van der Waals surface area contributed by atoms with Crippen LogP contribution in [0.1, 0.15) is 22.5 Å². The molecule has 1 amide bonds. The van der Waals surface area contributed by atoms with Crippen LogP contribution >= 0.6 is 11.3 Å². The van der Waals surface area contributed by atoms with Gasteiger partial charge in [-0.1, -0.05) is 18.2 Å². The lowest BCUT2D eigenvalue weighted by Gasteiger charge is -2.16. The Hall–Kier alpha value is -3.43. The first-order chi connectivity index (χ1) is 16.7. The molecule has 8 N–H and O–H groups in total. The van der Waals surface area contributed by atoms with E-state index in [-0.39, 0.29) is 21.9 Å². The molecule has 12 nitrogen and oxygen atoms in total. The average Bonchev–Trinajstić information content (AvgIpc) is 3.28. The van der Waals surface area contributed by atoms with Gasteiger partial charge in [0.25, 0.3) is 15.9 Å². The Kier molecular flexibility index (Phi) is 8.84. The molecule has 14 heteroatoms. The Morgan fingerprint density at radius 1 is 1.11 bits per heavy atom. The summed E-state index contributed by atoms with van der Waals surface area (Å²) in [5.41, 5.74) is 11.7. The van der Waals surface area contributed by atoms with Crippen molar-refractivity contribution >= 4 is 38.9 Å². The second kappa shape index (κ2) is 11.8. The molecule has 0 aliphatic heterocycles. The van der Waals surface area contributed by atoms with Crippen LogP contribution in [-0.2, 0) is 14.8 Å². The lowest BCUT2D eigenvalue weighted by Crippen LogP contribution is -2.46. The zero-order valence-corrected chi connectivity index (χ0v) is 20.1. The predicted octanol–water partition coefficient (Wildman–Crippen LogP) is 0.760. The van der Waals surface area contributed by atoms with Crippen molar-refractivity contribution in [2.75, 3.05) is 11.3 Å². The van der Waals surface area contributed by atoms with Crippen LogP contribution < -0.4 is 26.8 Å². The van der Waals surface area contributed by atoms with Crippen molar-refractivity contribution in [2.45, 2.75) is 30.1 Å². The lowest BCUT2D eigenvalue weighted by molar-refractivity contribution is -0.139. The molecular weight excluding hydrogens is 494 g/mol. The lowest BCUT2D eigenvalue weighted by atomic mass is 10.1. The number of carboxylic acid groups (broad SMARTS) is 1. The first kappa shape index (κ1) is 26.2. The number of nitrogens with one attached hydrogen (secondary N) is 3. The molecule has 35 heavy (non-hydrogen) atoms. The van der Waals surface area contributed by atoms with Gasteiger partial charge in [0, 0.05) is 23.5 Å². The molecule has 2 aromatic heterocycles. The summed E-state index contributed by atoms with van der Waals surface area (Å²) in [5, 5.41) is 16.2. The van der Waals surface area contributed by atoms with Gasteiger partial charge in [-0.05, 0) is 36.9 Å². The van der Waals surface area contributed by atoms with Crippen LogP contribution in [0.5, 0.6) is 0 Å². The first-order valence-corrected chi connectivity index (χ1v) is 12.8. The fourth-order valence-electron chi connectivity index (χ4n) is 3.20. The van der Waals surface area contributed by atoms with E-state index in [0.29, 0.717) is 24.1 Å². The third kappa shape index (κ3) is 7.03. The number of thiophene rings is 1. The van der Waals surface area contributed by atoms with E-state index in [0.717, 1.165) is 11.3 Å². The standard InChI is InChI=1S/C21H25N7O5S2/c22-21(23)26-8-3-5-16(20(30)31)27-19(29)18-15(7-9-34-18)28-35(32,33)17-6-2-1-4-14(17)13-10-24-12-25-11-13/h1-2,4,6-7,9-12,16,21,26,28H,3,5,8,22-23H2,(H,27,29)(H,30,31)/t16-/m0/s1. The molecule has 1 atom stereocenters. The Labute approximate surface area is 205 Å². The van der Waals surface area contributed by atoms with E-state index in [1.54, 1.807) is 18.2 Å². The van der Waals surface area contributed by atoms with Crippen LogP contribution in [0.15, 0.2) is 59.3 Å². The molecule has 0 aliphatic carbocycles. The van der Waals surface area contributed by atoms with Crippen molar-refractivity contribution in [3.05, 3.63) is 59.3 Å². The van der Waals surface area contributed by atoms with Crippen LogP contribution in [0.25, 0.3) is 11.1 Å². The van der Waals surface area contributed by atoms with Gasteiger partial charge in [0.05, 0.1) is 10.6 Å². The number of aliphatic carboxylic acids is 1. The van der Waals surface area contributed by atoms with E-state index < -0.39 is 34.2 Å². The SMILES string of the molecule is NC(N)NCCC[C@H](NC(=O)c1sccc1NS(=O)(=O)c1ccccc1-c1cncnc1)C(=O)O. The van der Waals surface area contributed by atoms with E-state index in [1.807, 2.05) is 0 Å². The molecule has 186 valence electrons. The molecule has 0 saturated carbocycles. The van der Waals surface area contributed by atoms with Crippen molar-refractivity contribution in [3.8, 4) is 11.1 Å². The van der Waals surface area contributed by atoms with Crippen molar-refractivity contribution < 1.29 is 23.1 Å². The van der Waals surface area contributed by atoms with Gasteiger partial charge >= 0.3 is 5.97 Å². The molecule has 0 radical (unpaired) electrons. The van der Waals surface area contributed by atoms with Crippen LogP contribution in [0.4, 0.5) is 5.69 Å². The number of benzene rings is 1. The smallest absolute Gasteiger partial charge is 0.326 e. The number of nitrogens with two attached hydrogens (primary N) is 2. The third-order valence-corrected chi connectivity index (χ3v) is 7.15. The molecule has 0 bridgehead atoms. The van der Waals surface area contributed by atoms with Crippen LogP contribution in [0, 0.1) is 0 Å². The quantitative estimate of drug-likeness (QED) is 0.146. The molecule has 3 rings (SSSR count). The molecule has 0 aliphatic rings. The Morgan fingerprint density at radius 2 is 1.83 bits per heavy atom. The first-order valence-electron chi connectivity index (χ1n) is 10.4. The summed E-state index contributed by atoms with van der Waals surface area (Å²) in [6.45, 7) is 0.368. The van der Waals surface area contributed by atoms with Crippen LogP contribution in [0.3, 0.4) is 0 Å². The highest BCUT2D eigenvalue weighted by molar-refractivity contribution is 7.92. The summed E-state index contributed by atoms with van der Waals surface area (Å²) >= 11 is 0.983. The number of amides is 1. The predicted molar refractivity (Wildman–Crippen MR) is 131 cm³/mol. The zero-order chi connectivity index (χ0) is 25.4. The van der Waals surface area contributed by atoms with Gasteiger partial charge in [-0.25, -0.2) is 23.2 Å². The van der Waals surface area contributed by atoms with Gasteiger partial charge in [0.2, 0.25) is 0 Å². The summed E-state index contributed by atoms with van der Waals surface area (Å²) in [4.78, 5) is 32.3. The monoisotopic (exact) mass is 519 g/mol. The number of rotatable bonds is 12. The highest BCUT2D eigenvalue weighted by Crippen LogP contribution is 2.30. The highest BCUT2D eigenvalue weighted by Gasteiger charge is 2.26. The zero-order valence-electron chi connectivity index (χ0n) is 18.4. The highest BCUT2D eigenvalue weighted by atomic mass is 32.2. The second-order valence-electron chi connectivity index (χ2n) is 7.38. The van der Waals surface area contributed by atoms with E-state index in [4.69, 9.17) is 11.5 Å². The Morgan fingerprint density at radius 3 is 2.51 bits per heavy atom. The second-order valence-corrected chi connectivity index (χ2v) is 9.95. The number of hydrogen-bond acceptors (Lipinski definition) is 10. The maximum absolute atomic E-state index is 13.2. The Balaban J connectivity index is 1.77. The third-order valence-electron chi connectivity index (χ3n) is 4.82. The summed E-state index contributed by atoms with van der Waals surface area (Å²) in [6.07, 6.45) is 4.12.